The monoisotopic (exact) mass is 290 g/mol. The van der Waals surface area contributed by atoms with Crippen molar-refractivity contribution in [2.24, 2.45) is 5.92 Å². The van der Waals surface area contributed by atoms with Gasteiger partial charge in [-0.1, -0.05) is 25.1 Å². The van der Waals surface area contributed by atoms with Gasteiger partial charge in [0.2, 0.25) is 0 Å². The highest BCUT2D eigenvalue weighted by molar-refractivity contribution is 5.91. The number of carboxylic acids is 1. The molecule has 2 N–H and O–H groups in total. The summed E-state index contributed by atoms with van der Waals surface area (Å²) in [7, 11) is 0. The van der Waals surface area contributed by atoms with Crippen LogP contribution in [0.25, 0.3) is 0 Å². The van der Waals surface area contributed by atoms with E-state index in [1.165, 1.54) is 0 Å². The zero-order valence-electron chi connectivity index (χ0n) is 12.6. The number of urea groups is 1. The van der Waals surface area contributed by atoms with Gasteiger partial charge in [0, 0.05) is 18.8 Å². The number of likely N-dealkylation sites (tertiary alicyclic amines) is 1. The van der Waals surface area contributed by atoms with Gasteiger partial charge in [0.05, 0.1) is 5.92 Å². The Hall–Kier alpha value is -2.04. The fraction of sp³-hybridized carbons (Fsp3) is 0.500. The third-order valence-corrected chi connectivity index (χ3v) is 4.03. The number of amides is 2. The fourth-order valence-corrected chi connectivity index (χ4v) is 2.75. The number of hydrogen-bond donors (Lipinski definition) is 2. The summed E-state index contributed by atoms with van der Waals surface area (Å²) in [5.74, 6) is -1.27. The van der Waals surface area contributed by atoms with Crippen molar-refractivity contribution in [3.8, 4) is 0 Å². The second-order valence-electron chi connectivity index (χ2n) is 5.52. The molecule has 5 heteroatoms. The second-order valence-corrected chi connectivity index (χ2v) is 5.52. The van der Waals surface area contributed by atoms with Crippen LogP contribution in [0.4, 0.5) is 10.5 Å². The van der Waals surface area contributed by atoms with Crippen LogP contribution < -0.4 is 5.32 Å². The molecular weight excluding hydrogens is 268 g/mol. The molecule has 1 fully saturated rings. The van der Waals surface area contributed by atoms with Gasteiger partial charge in [-0.25, -0.2) is 4.79 Å². The van der Waals surface area contributed by atoms with Crippen molar-refractivity contribution in [2.75, 3.05) is 18.4 Å². The van der Waals surface area contributed by atoms with Gasteiger partial charge in [0.1, 0.15) is 0 Å². The lowest BCUT2D eigenvalue weighted by molar-refractivity contribution is -0.143. The van der Waals surface area contributed by atoms with Gasteiger partial charge in [0.25, 0.3) is 0 Å². The number of carboxylic acid groups (broad SMARTS) is 1. The summed E-state index contributed by atoms with van der Waals surface area (Å²) in [6.07, 6.45) is 2.22. The molecule has 1 aliphatic rings. The summed E-state index contributed by atoms with van der Waals surface area (Å²) < 4.78 is 0. The third kappa shape index (κ3) is 3.54. The maximum atomic E-state index is 12.4. The van der Waals surface area contributed by atoms with Gasteiger partial charge in [-0.15, -0.1) is 0 Å². The lowest BCUT2D eigenvalue weighted by Gasteiger charge is -2.31. The summed E-state index contributed by atoms with van der Waals surface area (Å²) in [5.41, 5.74) is 2.96. The average molecular weight is 290 g/mol. The SMILES string of the molecule is CCc1cccc(C)c1NC(=O)N1CCCC(C(=O)O)C1. The molecule has 114 valence electrons. The minimum absolute atomic E-state index is 0.204. The first-order valence-electron chi connectivity index (χ1n) is 7.40. The number of carbonyl (C=O) groups excluding carboxylic acids is 1. The van der Waals surface area contributed by atoms with Crippen LogP contribution in [0, 0.1) is 12.8 Å². The van der Waals surface area contributed by atoms with Crippen molar-refractivity contribution in [3.05, 3.63) is 29.3 Å². The van der Waals surface area contributed by atoms with Crippen LogP contribution in [-0.2, 0) is 11.2 Å². The summed E-state index contributed by atoms with van der Waals surface area (Å²) in [6, 6.07) is 5.74. The van der Waals surface area contributed by atoms with Crippen molar-refractivity contribution in [2.45, 2.75) is 33.1 Å². The number of aliphatic carboxylic acids is 1. The molecule has 1 saturated heterocycles. The maximum Gasteiger partial charge on any atom is 0.321 e. The van der Waals surface area contributed by atoms with Crippen molar-refractivity contribution < 1.29 is 14.7 Å². The first kappa shape index (κ1) is 15.4. The second kappa shape index (κ2) is 6.61. The minimum Gasteiger partial charge on any atom is -0.481 e. The number of aryl methyl sites for hydroxylation is 2. The average Bonchev–Trinajstić information content (AvgIpc) is 2.49. The lowest BCUT2D eigenvalue weighted by Crippen LogP contribution is -2.44. The topological polar surface area (TPSA) is 69.6 Å². The van der Waals surface area contributed by atoms with Crippen LogP contribution in [0.1, 0.15) is 30.9 Å². The van der Waals surface area contributed by atoms with Gasteiger partial charge in [0.15, 0.2) is 0 Å². The van der Waals surface area contributed by atoms with Crippen molar-refractivity contribution in [1.29, 1.82) is 0 Å². The number of hydrogen-bond acceptors (Lipinski definition) is 2. The normalized spacial score (nSPS) is 18.4. The summed E-state index contributed by atoms with van der Waals surface area (Å²) in [5, 5.41) is 12.0. The number of para-hydroxylation sites is 1. The van der Waals surface area contributed by atoms with Crippen molar-refractivity contribution in [1.82, 2.24) is 4.90 Å². The van der Waals surface area contributed by atoms with E-state index in [4.69, 9.17) is 5.11 Å². The molecule has 2 amide bonds. The van der Waals surface area contributed by atoms with Crippen LogP contribution in [0.5, 0.6) is 0 Å². The number of nitrogens with zero attached hydrogens (tertiary/aromatic N) is 1. The molecule has 0 spiro atoms. The van der Waals surface area contributed by atoms with E-state index < -0.39 is 11.9 Å². The van der Waals surface area contributed by atoms with Crippen LogP contribution in [0.2, 0.25) is 0 Å². The number of carbonyl (C=O) groups is 2. The zero-order chi connectivity index (χ0) is 15.4. The van der Waals surface area contributed by atoms with Gasteiger partial charge >= 0.3 is 12.0 Å². The van der Waals surface area contributed by atoms with E-state index in [-0.39, 0.29) is 12.6 Å². The minimum atomic E-state index is -0.822. The highest BCUT2D eigenvalue weighted by Gasteiger charge is 2.28. The van der Waals surface area contributed by atoms with Crippen molar-refractivity contribution >= 4 is 17.7 Å². The predicted molar refractivity (Wildman–Crippen MR) is 81.5 cm³/mol. The fourth-order valence-electron chi connectivity index (χ4n) is 2.75. The molecule has 1 atom stereocenters. The Morgan fingerprint density at radius 3 is 2.86 bits per heavy atom. The van der Waals surface area contributed by atoms with Crippen LogP contribution >= 0.6 is 0 Å². The molecule has 21 heavy (non-hydrogen) atoms. The highest BCUT2D eigenvalue weighted by atomic mass is 16.4. The first-order chi connectivity index (χ1) is 10.0. The quantitative estimate of drug-likeness (QED) is 0.899. The Labute approximate surface area is 125 Å². The number of rotatable bonds is 3. The summed E-state index contributed by atoms with van der Waals surface area (Å²) >= 11 is 0. The van der Waals surface area contributed by atoms with Crippen molar-refractivity contribution in [3.63, 3.8) is 0 Å². The van der Waals surface area contributed by atoms with Gasteiger partial charge < -0.3 is 15.3 Å². The number of anilines is 1. The largest absolute Gasteiger partial charge is 0.481 e. The van der Waals surface area contributed by atoms with E-state index >= 15 is 0 Å². The van der Waals surface area contributed by atoms with Gasteiger partial charge in [-0.2, -0.15) is 0 Å². The molecule has 1 aromatic carbocycles. The Kier molecular flexibility index (Phi) is 4.83. The molecule has 1 heterocycles. The summed E-state index contributed by atoms with van der Waals surface area (Å²) in [6.45, 7) is 4.91. The predicted octanol–water partition coefficient (Wildman–Crippen LogP) is 2.89. The number of piperidine rings is 1. The Bertz CT molecular complexity index is 542. The Balaban J connectivity index is 2.09. The van der Waals surface area contributed by atoms with Crippen LogP contribution in [0.3, 0.4) is 0 Å². The standard InChI is InChI=1S/C16H22N2O3/c1-3-12-7-4-6-11(2)14(12)17-16(21)18-9-5-8-13(10-18)15(19)20/h4,6-7,13H,3,5,8-10H2,1-2H3,(H,17,21)(H,19,20). The van der Waals surface area contributed by atoms with Gasteiger partial charge in [-0.3, -0.25) is 4.79 Å². The molecule has 0 saturated carbocycles. The Morgan fingerprint density at radius 1 is 1.43 bits per heavy atom. The van der Waals surface area contributed by atoms with E-state index in [9.17, 15) is 9.59 Å². The molecule has 2 rings (SSSR count). The molecular formula is C16H22N2O3. The molecule has 0 bridgehead atoms. The molecule has 1 aromatic rings. The zero-order valence-corrected chi connectivity index (χ0v) is 12.6. The van der Waals surface area contributed by atoms with E-state index in [1.807, 2.05) is 32.0 Å². The van der Waals surface area contributed by atoms with Crippen LogP contribution in [0.15, 0.2) is 18.2 Å². The molecule has 1 aliphatic heterocycles. The third-order valence-electron chi connectivity index (χ3n) is 4.03. The first-order valence-corrected chi connectivity index (χ1v) is 7.40. The highest BCUT2D eigenvalue weighted by Crippen LogP contribution is 2.23. The molecule has 5 nitrogen and oxygen atoms in total. The smallest absolute Gasteiger partial charge is 0.321 e. The van der Waals surface area contributed by atoms with Gasteiger partial charge in [-0.05, 0) is 37.3 Å². The Morgan fingerprint density at radius 2 is 2.19 bits per heavy atom. The van der Waals surface area contributed by atoms with Crippen LogP contribution in [-0.4, -0.2) is 35.1 Å². The molecule has 0 radical (unpaired) electrons. The molecule has 1 unspecified atom stereocenters. The lowest BCUT2D eigenvalue weighted by atomic mass is 9.98. The van der Waals surface area contributed by atoms with E-state index in [1.54, 1.807) is 4.90 Å². The maximum absolute atomic E-state index is 12.4. The number of nitrogens with one attached hydrogen (secondary N) is 1. The number of benzene rings is 1. The molecule has 0 aromatic heterocycles. The van der Waals surface area contributed by atoms with E-state index in [0.717, 1.165) is 29.7 Å². The van der Waals surface area contributed by atoms with E-state index in [0.29, 0.717) is 13.0 Å². The molecule has 0 aliphatic carbocycles. The van der Waals surface area contributed by atoms with E-state index in [2.05, 4.69) is 5.32 Å². The summed E-state index contributed by atoms with van der Waals surface area (Å²) in [4.78, 5) is 25.1.